The Labute approximate surface area is 155 Å². The van der Waals surface area contributed by atoms with Gasteiger partial charge < -0.3 is 23.7 Å². The zero-order chi connectivity index (χ0) is 19.1. The summed E-state index contributed by atoms with van der Waals surface area (Å²) < 4.78 is 57.1. The molecule has 0 amide bonds. The quantitative estimate of drug-likeness (QED) is 0.690. The summed E-state index contributed by atoms with van der Waals surface area (Å²) in [5.41, 5.74) is -0.706. The second-order valence-electron chi connectivity index (χ2n) is 8.99. The van der Waals surface area contributed by atoms with Crippen molar-refractivity contribution in [1.82, 2.24) is 4.31 Å². The number of hydrogen-bond acceptors (Lipinski definition) is 7. The maximum atomic E-state index is 13.2. The average Bonchev–Trinajstić information content (AvgIpc) is 2.96. The molecule has 0 saturated carbocycles. The van der Waals surface area contributed by atoms with Crippen LogP contribution in [0.3, 0.4) is 0 Å². The number of nitrogens with zero attached hydrogens (tertiary/aromatic N) is 1. The number of hydrogen-bond donors (Lipinski definition) is 0. The van der Waals surface area contributed by atoms with Crippen molar-refractivity contribution < 1.29 is 32.1 Å². The molecule has 6 atom stereocenters. The van der Waals surface area contributed by atoms with E-state index in [1.54, 1.807) is 32.2 Å². The van der Waals surface area contributed by atoms with Crippen molar-refractivity contribution in [2.24, 2.45) is 0 Å². The van der Waals surface area contributed by atoms with E-state index in [4.69, 9.17) is 23.7 Å². The summed E-state index contributed by atoms with van der Waals surface area (Å²) in [6.07, 6.45) is -1.33. The summed E-state index contributed by atoms with van der Waals surface area (Å²) in [5, 5.41) is 0. The molecule has 0 aromatic heterocycles. The third-order valence-corrected chi connectivity index (χ3v) is 8.54. The molecular weight excluding hydrogens is 362 g/mol. The van der Waals surface area contributed by atoms with Crippen LogP contribution < -0.4 is 0 Å². The number of fused-ring (bicyclic) bond motifs is 1. The van der Waals surface area contributed by atoms with Gasteiger partial charge in [-0.2, -0.15) is 4.31 Å². The monoisotopic (exact) mass is 391 g/mol. The zero-order valence-electron chi connectivity index (χ0n) is 16.2. The van der Waals surface area contributed by atoms with Crippen molar-refractivity contribution >= 4 is 10.0 Å². The smallest absolute Gasteiger partial charge is 0.219 e. The molecule has 26 heavy (non-hydrogen) atoms. The van der Waals surface area contributed by atoms with E-state index in [0.29, 0.717) is 19.6 Å². The van der Waals surface area contributed by atoms with Gasteiger partial charge in [0.15, 0.2) is 12.1 Å². The summed E-state index contributed by atoms with van der Waals surface area (Å²) in [7, 11) is -1.97. The van der Waals surface area contributed by atoms with Crippen molar-refractivity contribution in [3.05, 3.63) is 0 Å². The molecule has 9 heteroatoms. The molecule has 4 fully saturated rings. The third-order valence-electron chi connectivity index (χ3n) is 5.95. The third kappa shape index (κ3) is 2.45. The van der Waals surface area contributed by atoms with Gasteiger partial charge in [0.25, 0.3) is 0 Å². The first-order valence-electron chi connectivity index (χ1n) is 9.12. The lowest BCUT2D eigenvalue weighted by atomic mass is 9.78. The molecule has 0 unspecified atom stereocenters. The molecule has 4 heterocycles. The first kappa shape index (κ1) is 19.0. The molecule has 0 spiro atoms. The molecule has 2 bridgehead atoms. The standard InChI is InChI=1S/C17H29NO7S/c1-15(2,3)26(19,20)18-8-7-17-12(11(18)10(21-6)9-22-17)23-14-13(17)24-16(4,5)25-14/h10-14H,7-9H2,1-6H3/t10-,11-,12-,13+,14-,17-/m1/s1. The Balaban J connectivity index is 1.73. The van der Waals surface area contributed by atoms with Crippen molar-refractivity contribution in [3.63, 3.8) is 0 Å². The molecule has 0 aliphatic carbocycles. The van der Waals surface area contributed by atoms with Crippen LogP contribution in [0, 0.1) is 0 Å². The summed E-state index contributed by atoms with van der Waals surface area (Å²) in [5.74, 6) is -0.749. The lowest BCUT2D eigenvalue weighted by Gasteiger charge is -2.55. The van der Waals surface area contributed by atoms with Gasteiger partial charge in [-0.05, 0) is 41.0 Å². The number of sulfonamides is 1. The minimum absolute atomic E-state index is 0.296. The molecule has 0 N–H and O–H groups in total. The minimum Gasteiger partial charge on any atom is -0.377 e. The van der Waals surface area contributed by atoms with Crippen LogP contribution in [0.5, 0.6) is 0 Å². The van der Waals surface area contributed by atoms with Crippen LogP contribution in [-0.2, 0) is 33.7 Å². The van der Waals surface area contributed by atoms with Crippen molar-refractivity contribution in [2.75, 3.05) is 20.3 Å². The average molecular weight is 391 g/mol. The Morgan fingerprint density at radius 3 is 2.46 bits per heavy atom. The first-order valence-corrected chi connectivity index (χ1v) is 10.6. The van der Waals surface area contributed by atoms with Gasteiger partial charge in [-0.25, -0.2) is 8.42 Å². The van der Waals surface area contributed by atoms with Crippen LogP contribution >= 0.6 is 0 Å². The predicted molar refractivity (Wildman–Crippen MR) is 92.0 cm³/mol. The molecule has 0 radical (unpaired) electrons. The lowest BCUT2D eigenvalue weighted by Crippen LogP contribution is -2.73. The van der Waals surface area contributed by atoms with E-state index in [2.05, 4.69) is 0 Å². The molecule has 4 saturated heterocycles. The molecule has 4 aliphatic heterocycles. The summed E-state index contributed by atoms with van der Waals surface area (Å²) in [6, 6.07) is -0.465. The molecule has 0 aromatic carbocycles. The molecule has 8 nitrogen and oxygen atoms in total. The Morgan fingerprint density at radius 1 is 1.15 bits per heavy atom. The van der Waals surface area contributed by atoms with E-state index >= 15 is 0 Å². The van der Waals surface area contributed by atoms with Crippen LogP contribution in [0.25, 0.3) is 0 Å². The molecule has 0 aromatic rings. The lowest BCUT2D eigenvalue weighted by molar-refractivity contribution is -0.283. The Kier molecular flexibility index (Phi) is 4.12. The van der Waals surface area contributed by atoms with Crippen LogP contribution in [0.2, 0.25) is 0 Å². The van der Waals surface area contributed by atoms with Gasteiger partial charge in [-0.3, -0.25) is 0 Å². The van der Waals surface area contributed by atoms with Gasteiger partial charge >= 0.3 is 0 Å². The van der Waals surface area contributed by atoms with E-state index in [1.165, 1.54) is 0 Å². The number of methoxy groups -OCH3 is 1. The van der Waals surface area contributed by atoms with Crippen molar-refractivity contribution in [1.29, 1.82) is 0 Å². The fraction of sp³-hybridized carbons (Fsp3) is 1.00. The fourth-order valence-electron chi connectivity index (χ4n) is 4.61. The largest absolute Gasteiger partial charge is 0.377 e. The zero-order valence-corrected chi connectivity index (χ0v) is 17.0. The van der Waals surface area contributed by atoms with Gasteiger partial charge in [-0.15, -0.1) is 0 Å². The maximum Gasteiger partial charge on any atom is 0.219 e. The van der Waals surface area contributed by atoms with E-state index in [-0.39, 0.29) is 6.10 Å². The highest BCUT2D eigenvalue weighted by Crippen LogP contribution is 2.53. The van der Waals surface area contributed by atoms with Crippen LogP contribution in [-0.4, -0.2) is 79.8 Å². The summed E-state index contributed by atoms with van der Waals surface area (Å²) >= 11 is 0. The summed E-state index contributed by atoms with van der Waals surface area (Å²) in [4.78, 5) is 0. The van der Waals surface area contributed by atoms with Gasteiger partial charge in [-0.1, -0.05) is 0 Å². The fourth-order valence-corrected chi connectivity index (χ4v) is 6.21. The highest BCUT2D eigenvalue weighted by atomic mass is 32.2. The van der Waals surface area contributed by atoms with E-state index in [1.807, 2.05) is 13.8 Å². The van der Waals surface area contributed by atoms with Crippen molar-refractivity contribution in [2.45, 2.75) is 87.8 Å². The minimum atomic E-state index is -3.55. The molecule has 150 valence electrons. The normalized spacial score (nSPS) is 45.4. The van der Waals surface area contributed by atoms with E-state index < -0.39 is 50.7 Å². The second kappa shape index (κ2) is 5.62. The number of rotatable bonds is 2. The Bertz CT molecular complexity index is 688. The highest BCUT2D eigenvalue weighted by molar-refractivity contribution is 7.90. The van der Waals surface area contributed by atoms with Crippen LogP contribution in [0.4, 0.5) is 0 Å². The number of piperidine rings is 1. The van der Waals surface area contributed by atoms with Crippen LogP contribution in [0.15, 0.2) is 0 Å². The topological polar surface area (TPSA) is 83.5 Å². The van der Waals surface area contributed by atoms with E-state index in [9.17, 15) is 8.42 Å². The van der Waals surface area contributed by atoms with Gasteiger partial charge in [0, 0.05) is 13.7 Å². The first-order chi connectivity index (χ1) is 11.9. The van der Waals surface area contributed by atoms with Gasteiger partial charge in [0.1, 0.15) is 17.8 Å². The summed E-state index contributed by atoms with van der Waals surface area (Å²) in [6.45, 7) is 9.47. The van der Waals surface area contributed by atoms with Gasteiger partial charge in [0.2, 0.25) is 10.0 Å². The molecule has 4 aliphatic rings. The van der Waals surface area contributed by atoms with E-state index in [0.717, 1.165) is 0 Å². The van der Waals surface area contributed by atoms with Gasteiger partial charge in [0.05, 0.1) is 23.5 Å². The van der Waals surface area contributed by atoms with Crippen molar-refractivity contribution in [3.8, 4) is 0 Å². The highest BCUT2D eigenvalue weighted by Gasteiger charge is 2.72. The Hall–Kier alpha value is -0.290. The second-order valence-corrected chi connectivity index (χ2v) is 11.6. The SMILES string of the molecule is CO[C@@H]1CO[C@]23CCN(S(=O)(=O)C(C)(C)C)[C@H]1[C@H]2O[C@@H]1OC(C)(C)O[C@@H]13. The number of ether oxygens (including phenoxy) is 5. The maximum absolute atomic E-state index is 13.2. The molecular formula is C17H29NO7S. The Morgan fingerprint density at radius 2 is 1.85 bits per heavy atom. The molecule has 4 rings (SSSR count). The predicted octanol–water partition coefficient (Wildman–Crippen LogP) is 0.849. The van der Waals surface area contributed by atoms with Crippen LogP contribution in [0.1, 0.15) is 41.0 Å².